The second-order valence-electron chi connectivity index (χ2n) is 5.87. The van der Waals surface area contributed by atoms with Crippen molar-refractivity contribution in [1.82, 2.24) is 15.0 Å². The zero-order valence-corrected chi connectivity index (χ0v) is 14.8. The summed E-state index contributed by atoms with van der Waals surface area (Å²) < 4.78 is 10.3. The number of hydrogen-bond acceptors (Lipinski definition) is 7. The van der Waals surface area contributed by atoms with Gasteiger partial charge in [0.2, 0.25) is 17.6 Å². The van der Waals surface area contributed by atoms with Gasteiger partial charge in [-0.05, 0) is 24.5 Å². The van der Waals surface area contributed by atoms with Crippen LogP contribution in [0.4, 0.5) is 11.5 Å². The van der Waals surface area contributed by atoms with Crippen molar-refractivity contribution in [3.63, 3.8) is 0 Å². The highest BCUT2D eigenvalue weighted by atomic mass is 16.5. The number of carbonyl (C=O) groups is 1. The molecule has 0 radical (unpaired) electrons. The Bertz CT molecular complexity index is 772. The Morgan fingerprint density at radius 3 is 2.48 bits per heavy atom. The molecule has 0 fully saturated rings. The van der Waals surface area contributed by atoms with Crippen LogP contribution in [0.15, 0.2) is 18.3 Å². The molecule has 0 aromatic carbocycles. The number of aryl methyl sites for hydroxylation is 1. The molecule has 1 aliphatic rings. The van der Waals surface area contributed by atoms with E-state index in [-0.39, 0.29) is 23.5 Å². The average molecular weight is 343 g/mol. The first-order valence-electron chi connectivity index (χ1n) is 7.99. The lowest BCUT2D eigenvalue weighted by Crippen LogP contribution is -2.38. The van der Waals surface area contributed by atoms with Crippen LogP contribution in [0.3, 0.4) is 0 Å². The van der Waals surface area contributed by atoms with Crippen LogP contribution in [-0.2, 0) is 6.42 Å². The average Bonchev–Trinajstić information content (AvgIpc) is 2.65. The van der Waals surface area contributed by atoms with Crippen molar-refractivity contribution < 1.29 is 14.3 Å². The van der Waals surface area contributed by atoms with Crippen molar-refractivity contribution in [3.8, 4) is 11.8 Å². The number of anilines is 2. The summed E-state index contributed by atoms with van der Waals surface area (Å²) in [5.74, 6) is 1.06. The minimum Gasteiger partial charge on any atom is -0.481 e. The Hall–Kier alpha value is -2.90. The normalized spacial score (nSPS) is 13.2. The molecule has 2 aromatic rings. The lowest BCUT2D eigenvalue weighted by atomic mass is 10.0. The fraction of sp³-hybridized carbons (Fsp3) is 0.412. The van der Waals surface area contributed by atoms with Gasteiger partial charge in [0, 0.05) is 26.8 Å². The molecule has 132 valence electrons. The quantitative estimate of drug-likeness (QED) is 0.833. The van der Waals surface area contributed by atoms with Crippen LogP contribution in [-0.4, -0.2) is 55.7 Å². The van der Waals surface area contributed by atoms with Gasteiger partial charge in [-0.3, -0.25) is 4.79 Å². The van der Waals surface area contributed by atoms with Gasteiger partial charge < -0.3 is 19.3 Å². The number of nitrogens with zero attached hydrogens (tertiary/aromatic N) is 5. The fourth-order valence-corrected chi connectivity index (χ4v) is 2.88. The molecule has 0 saturated carbocycles. The highest BCUT2D eigenvalue weighted by molar-refractivity contribution is 6.06. The maximum absolute atomic E-state index is 13.1. The minimum atomic E-state index is -0.297. The van der Waals surface area contributed by atoms with Crippen LogP contribution >= 0.6 is 0 Å². The van der Waals surface area contributed by atoms with Crippen molar-refractivity contribution in [3.05, 3.63) is 29.7 Å². The number of hydrogen-bond donors (Lipinski definition) is 0. The maximum Gasteiger partial charge on any atom is 0.296 e. The Labute approximate surface area is 146 Å². The molecular formula is C17H21N5O3. The highest BCUT2D eigenvalue weighted by Crippen LogP contribution is 2.35. The smallest absolute Gasteiger partial charge is 0.296 e. The molecule has 0 aliphatic carbocycles. The molecule has 3 rings (SSSR count). The van der Waals surface area contributed by atoms with E-state index < -0.39 is 0 Å². The summed E-state index contributed by atoms with van der Waals surface area (Å²) in [6.07, 6.45) is 3.55. The van der Waals surface area contributed by atoms with Crippen molar-refractivity contribution in [2.24, 2.45) is 0 Å². The number of pyridine rings is 1. The number of fused-ring (bicyclic) bond motifs is 1. The molecule has 0 atom stereocenters. The summed E-state index contributed by atoms with van der Waals surface area (Å²) in [5.41, 5.74) is 1.90. The minimum absolute atomic E-state index is 0.0395. The van der Waals surface area contributed by atoms with Gasteiger partial charge in [-0.1, -0.05) is 0 Å². The van der Waals surface area contributed by atoms with Gasteiger partial charge in [-0.15, -0.1) is 0 Å². The van der Waals surface area contributed by atoms with Crippen molar-refractivity contribution in [2.45, 2.75) is 12.8 Å². The van der Waals surface area contributed by atoms with E-state index in [1.165, 1.54) is 20.3 Å². The molecular weight excluding hydrogens is 322 g/mol. The summed E-state index contributed by atoms with van der Waals surface area (Å²) in [6, 6.07) is 3.49. The van der Waals surface area contributed by atoms with Crippen LogP contribution in [0.5, 0.6) is 11.8 Å². The van der Waals surface area contributed by atoms with E-state index >= 15 is 0 Å². The van der Waals surface area contributed by atoms with E-state index in [0.29, 0.717) is 6.54 Å². The fourth-order valence-electron chi connectivity index (χ4n) is 2.88. The molecule has 0 unspecified atom stereocenters. The molecule has 1 amide bonds. The number of aromatic nitrogens is 3. The monoisotopic (exact) mass is 343 g/mol. The summed E-state index contributed by atoms with van der Waals surface area (Å²) in [5, 5.41) is 0. The van der Waals surface area contributed by atoms with Crippen molar-refractivity contribution in [2.75, 3.05) is 44.7 Å². The van der Waals surface area contributed by atoms with Gasteiger partial charge in [0.1, 0.15) is 0 Å². The standard InChI is InChI=1S/C17H21N5O3/c1-21(2)16-14-11(7-8-18-16)6-5-9-22(14)17(23)15-19-12(24-3)10-13(20-15)25-4/h7-8,10H,5-6,9H2,1-4H3. The first kappa shape index (κ1) is 16.9. The third-order valence-corrected chi connectivity index (χ3v) is 4.04. The van der Waals surface area contributed by atoms with Gasteiger partial charge in [-0.2, -0.15) is 9.97 Å². The largest absolute Gasteiger partial charge is 0.481 e. The Balaban J connectivity index is 2.06. The van der Waals surface area contributed by atoms with E-state index in [0.717, 1.165) is 29.9 Å². The molecule has 8 nitrogen and oxygen atoms in total. The maximum atomic E-state index is 13.1. The van der Waals surface area contributed by atoms with E-state index in [9.17, 15) is 4.79 Å². The second kappa shape index (κ2) is 6.92. The number of rotatable bonds is 4. The molecule has 0 saturated heterocycles. The zero-order valence-electron chi connectivity index (χ0n) is 14.8. The summed E-state index contributed by atoms with van der Waals surface area (Å²) in [6.45, 7) is 0.585. The van der Waals surface area contributed by atoms with Gasteiger partial charge in [-0.25, -0.2) is 4.98 Å². The first-order chi connectivity index (χ1) is 12.0. The molecule has 25 heavy (non-hydrogen) atoms. The predicted molar refractivity (Wildman–Crippen MR) is 93.7 cm³/mol. The van der Waals surface area contributed by atoms with Crippen molar-refractivity contribution >= 4 is 17.4 Å². The predicted octanol–water partition coefficient (Wildman–Crippen LogP) is 1.55. The van der Waals surface area contributed by atoms with Crippen LogP contribution in [0.2, 0.25) is 0 Å². The van der Waals surface area contributed by atoms with Crippen LogP contribution in [0.1, 0.15) is 22.6 Å². The van der Waals surface area contributed by atoms with E-state index in [1.54, 1.807) is 11.1 Å². The van der Waals surface area contributed by atoms with E-state index in [4.69, 9.17) is 9.47 Å². The molecule has 1 aliphatic heterocycles. The Kier molecular flexibility index (Phi) is 4.69. The first-order valence-corrected chi connectivity index (χ1v) is 7.99. The van der Waals surface area contributed by atoms with Crippen LogP contribution < -0.4 is 19.3 Å². The van der Waals surface area contributed by atoms with Crippen LogP contribution in [0.25, 0.3) is 0 Å². The zero-order chi connectivity index (χ0) is 18.0. The molecule has 0 N–H and O–H groups in total. The molecule has 0 bridgehead atoms. The van der Waals surface area contributed by atoms with Gasteiger partial charge in [0.15, 0.2) is 5.82 Å². The SMILES string of the molecule is COc1cc(OC)nc(C(=O)N2CCCc3ccnc(N(C)C)c32)n1. The lowest BCUT2D eigenvalue weighted by molar-refractivity contribution is 0.0973. The second-order valence-corrected chi connectivity index (χ2v) is 5.87. The third-order valence-electron chi connectivity index (χ3n) is 4.04. The van der Waals surface area contributed by atoms with E-state index in [1.807, 2.05) is 25.1 Å². The van der Waals surface area contributed by atoms with Gasteiger partial charge in [0.25, 0.3) is 5.91 Å². The number of methoxy groups -OCH3 is 2. The highest BCUT2D eigenvalue weighted by Gasteiger charge is 2.29. The molecule has 2 aromatic heterocycles. The van der Waals surface area contributed by atoms with Gasteiger partial charge >= 0.3 is 0 Å². The Morgan fingerprint density at radius 2 is 1.88 bits per heavy atom. The van der Waals surface area contributed by atoms with E-state index in [2.05, 4.69) is 15.0 Å². The number of amides is 1. The topological polar surface area (TPSA) is 80.7 Å². The lowest BCUT2D eigenvalue weighted by Gasteiger charge is -2.32. The molecule has 3 heterocycles. The van der Waals surface area contributed by atoms with Gasteiger partial charge in [0.05, 0.1) is 26.0 Å². The molecule has 0 spiro atoms. The third kappa shape index (κ3) is 3.19. The van der Waals surface area contributed by atoms with Crippen LogP contribution in [0, 0.1) is 0 Å². The Morgan fingerprint density at radius 1 is 1.20 bits per heavy atom. The summed E-state index contributed by atoms with van der Waals surface area (Å²) >= 11 is 0. The number of carbonyl (C=O) groups excluding carboxylic acids is 1. The number of ether oxygens (including phenoxy) is 2. The molecule has 8 heteroatoms. The summed E-state index contributed by atoms with van der Waals surface area (Å²) in [4.78, 5) is 29.5. The van der Waals surface area contributed by atoms with Crippen molar-refractivity contribution in [1.29, 1.82) is 0 Å². The summed E-state index contributed by atoms with van der Waals surface area (Å²) in [7, 11) is 6.79.